The summed E-state index contributed by atoms with van der Waals surface area (Å²) in [6.07, 6.45) is 1.97. The molecule has 0 saturated heterocycles. The maximum absolute atomic E-state index is 5.73. The van der Waals surface area contributed by atoms with Gasteiger partial charge in [-0.1, -0.05) is 12.1 Å². The number of nitrogens with two attached hydrogens (primary N) is 1. The number of H-pyrrole nitrogens is 1. The lowest BCUT2D eigenvalue weighted by molar-refractivity contribution is 0.756. The number of aromatic nitrogens is 4. The highest BCUT2D eigenvalue weighted by Gasteiger charge is 2.12. The van der Waals surface area contributed by atoms with Crippen LogP contribution in [0.25, 0.3) is 22.4 Å². The van der Waals surface area contributed by atoms with Crippen molar-refractivity contribution in [2.75, 3.05) is 0 Å². The molecule has 5 nitrogen and oxygen atoms in total. The highest BCUT2D eigenvalue weighted by atomic mass is 15.3. The summed E-state index contributed by atoms with van der Waals surface area (Å²) >= 11 is 0. The van der Waals surface area contributed by atoms with E-state index < -0.39 is 0 Å². The van der Waals surface area contributed by atoms with Crippen molar-refractivity contribution in [3.05, 3.63) is 35.7 Å². The van der Waals surface area contributed by atoms with Gasteiger partial charge in [0.25, 0.3) is 0 Å². The number of para-hydroxylation sites is 1. The van der Waals surface area contributed by atoms with Gasteiger partial charge in [0, 0.05) is 19.8 Å². The van der Waals surface area contributed by atoms with Crippen molar-refractivity contribution in [2.45, 2.75) is 13.5 Å². The molecular formula is C13H15N5. The first-order valence-electron chi connectivity index (χ1n) is 5.87. The Morgan fingerprint density at radius 2 is 2.22 bits per heavy atom. The molecule has 0 aliphatic rings. The third-order valence-corrected chi connectivity index (χ3v) is 3.08. The normalized spacial score (nSPS) is 11.3. The van der Waals surface area contributed by atoms with Crippen LogP contribution in [0.2, 0.25) is 0 Å². The highest BCUT2D eigenvalue weighted by molar-refractivity contribution is 5.82. The third-order valence-electron chi connectivity index (χ3n) is 3.08. The zero-order valence-corrected chi connectivity index (χ0v) is 10.4. The Hall–Kier alpha value is -2.14. The second-order valence-corrected chi connectivity index (χ2v) is 4.40. The van der Waals surface area contributed by atoms with E-state index in [2.05, 4.69) is 15.1 Å². The summed E-state index contributed by atoms with van der Waals surface area (Å²) in [5.74, 6) is 0.844. The zero-order chi connectivity index (χ0) is 12.7. The van der Waals surface area contributed by atoms with Gasteiger partial charge in [-0.05, 0) is 18.6 Å². The number of nitrogens with zero attached hydrogens (tertiary/aromatic N) is 3. The third kappa shape index (κ3) is 1.60. The number of hydrogen-bond donors (Lipinski definition) is 2. The molecule has 5 heteroatoms. The lowest BCUT2D eigenvalue weighted by Crippen LogP contribution is -1.96. The van der Waals surface area contributed by atoms with Crippen LogP contribution in [0.5, 0.6) is 0 Å². The average molecular weight is 241 g/mol. The topological polar surface area (TPSA) is 72.5 Å². The fourth-order valence-corrected chi connectivity index (χ4v) is 2.22. The quantitative estimate of drug-likeness (QED) is 0.717. The van der Waals surface area contributed by atoms with E-state index in [-0.39, 0.29) is 0 Å². The predicted molar refractivity (Wildman–Crippen MR) is 70.9 cm³/mol. The Morgan fingerprint density at radius 1 is 1.39 bits per heavy atom. The molecule has 0 spiro atoms. The van der Waals surface area contributed by atoms with Gasteiger partial charge in [-0.25, -0.2) is 4.98 Å². The SMILES string of the molecule is Cc1nn(C)cc1-c1nc2c(CN)cccc2[nH]1. The van der Waals surface area contributed by atoms with E-state index in [0.29, 0.717) is 6.54 Å². The maximum Gasteiger partial charge on any atom is 0.141 e. The molecule has 0 aliphatic carbocycles. The second-order valence-electron chi connectivity index (χ2n) is 4.40. The van der Waals surface area contributed by atoms with Crippen LogP contribution in [0.4, 0.5) is 0 Å². The fraction of sp³-hybridized carbons (Fsp3) is 0.231. The van der Waals surface area contributed by atoms with E-state index in [1.54, 1.807) is 4.68 Å². The Labute approximate surface area is 105 Å². The summed E-state index contributed by atoms with van der Waals surface area (Å²) in [7, 11) is 1.91. The molecule has 3 N–H and O–H groups in total. The predicted octanol–water partition coefficient (Wildman–Crippen LogP) is 1.73. The van der Waals surface area contributed by atoms with Gasteiger partial charge in [0.05, 0.1) is 22.3 Å². The van der Waals surface area contributed by atoms with Crippen molar-refractivity contribution in [3.8, 4) is 11.4 Å². The molecule has 0 saturated carbocycles. The first-order chi connectivity index (χ1) is 8.69. The van der Waals surface area contributed by atoms with Crippen LogP contribution in [-0.4, -0.2) is 19.7 Å². The van der Waals surface area contributed by atoms with Crippen LogP contribution < -0.4 is 5.73 Å². The lowest BCUT2D eigenvalue weighted by Gasteiger charge is -1.95. The number of aromatic amines is 1. The Morgan fingerprint density at radius 3 is 2.89 bits per heavy atom. The first-order valence-corrected chi connectivity index (χ1v) is 5.87. The van der Waals surface area contributed by atoms with Crippen molar-refractivity contribution in [1.29, 1.82) is 0 Å². The molecule has 0 radical (unpaired) electrons. The van der Waals surface area contributed by atoms with Crippen molar-refractivity contribution >= 4 is 11.0 Å². The molecule has 3 rings (SSSR count). The van der Waals surface area contributed by atoms with Crippen LogP contribution in [0, 0.1) is 6.92 Å². The number of nitrogens with one attached hydrogen (secondary N) is 1. The van der Waals surface area contributed by atoms with Crippen LogP contribution in [0.1, 0.15) is 11.3 Å². The molecular weight excluding hydrogens is 226 g/mol. The standard InChI is InChI=1S/C13H15N5/c1-8-10(7-18(2)17-8)13-15-11-5-3-4-9(6-14)12(11)16-13/h3-5,7H,6,14H2,1-2H3,(H,15,16). The molecule has 0 aliphatic heterocycles. The minimum absolute atomic E-state index is 0.494. The van der Waals surface area contributed by atoms with E-state index in [1.807, 2.05) is 38.4 Å². The molecule has 2 aromatic heterocycles. The van der Waals surface area contributed by atoms with Gasteiger partial charge in [0.2, 0.25) is 0 Å². The molecule has 0 fully saturated rings. The van der Waals surface area contributed by atoms with Crippen LogP contribution in [0.15, 0.2) is 24.4 Å². The van der Waals surface area contributed by atoms with Crippen molar-refractivity contribution < 1.29 is 0 Å². The van der Waals surface area contributed by atoms with Crippen LogP contribution >= 0.6 is 0 Å². The molecule has 0 atom stereocenters. The van der Waals surface area contributed by atoms with Gasteiger partial charge >= 0.3 is 0 Å². The summed E-state index contributed by atoms with van der Waals surface area (Å²) in [6.45, 7) is 2.47. The zero-order valence-electron chi connectivity index (χ0n) is 10.4. The Bertz CT molecular complexity index is 707. The highest BCUT2D eigenvalue weighted by Crippen LogP contribution is 2.24. The average Bonchev–Trinajstić information content (AvgIpc) is 2.91. The number of imidazole rings is 1. The molecule has 18 heavy (non-hydrogen) atoms. The van der Waals surface area contributed by atoms with E-state index in [1.165, 1.54) is 0 Å². The monoisotopic (exact) mass is 241 g/mol. The number of benzene rings is 1. The number of aryl methyl sites for hydroxylation is 2. The second kappa shape index (κ2) is 3.96. The van der Waals surface area contributed by atoms with E-state index >= 15 is 0 Å². The van der Waals surface area contributed by atoms with Gasteiger partial charge in [-0.15, -0.1) is 0 Å². The summed E-state index contributed by atoms with van der Waals surface area (Å²) in [4.78, 5) is 7.96. The van der Waals surface area contributed by atoms with Gasteiger partial charge in [0.1, 0.15) is 5.82 Å². The summed E-state index contributed by atoms with van der Waals surface area (Å²) in [6, 6.07) is 6.00. The first kappa shape index (κ1) is 11.0. The number of fused-ring (bicyclic) bond motifs is 1. The maximum atomic E-state index is 5.73. The summed E-state index contributed by atoms with van der Waals surface area (Å²) in [5, 5.41) is 4.33. The fourth-order valence-electron chi connectivity index (χ4n) is 2.22. The smallest absolute Gasteiger partial charge is 0.141 e. The van der Waals surface area contributed by atoms with Crippen molar-refractivity contribution in [1.82, 2.24) is 19.7 Å². The minimum atomic E-state index is 0.494. The molecule has 3 aromatic rings. The lowest BCUT2D eigenvalue weighted by atomic mass is 10.2. The molecule has 1 aromatic carbocycles. The molecule has 0 unspecified atom stereocenters. The minimum Gasteiger partial charge on any atom is -0.338 e. The summed E-state index contributed by atoms with van der Waals surface area (Å²) in [5.41, 5.74) is 10.7. The van der Waals surface area contributed by atoms with Crippen LogP contribution in [-0.2, 0) is 13.6 Å². The molecule has 0 amide bonds. The van der Waals surface area contributed by atoms with E-state index in [0.717, 1.165) is 33.7 Å². The number of hydrogen-bond acceptors (Lipinski definition) is 3. The molecule has 2 heterocycles. The van der Waals surface area contributed by atoms with Gasteiger partial charge in [0.15, 0.2) is 0 Å². The molecule has 92 valence electrons. The Kier molecular flexibility index (Phi) is 2.41. The summed E-state index contributed by atoms with van der Waals surface area (Å²) < 4.78 is 1.79. The van der Waals surface area contributed by atoms with Gasteiger partial charge in [-0.3, -0.25) is 4.68 Å². The van der Waals surface area contributed by atoms with Crippen molar-refractivity contribution in [2.24, 2.45) is 12.8 Å². The largest absolute Gasteiger partial charge is 0.338 e. The Balaban J connectivity index is 2.22. The van der Waals surface area contributed by atoms with Crippen molar-refractivity contribution in [3.63, 3.8) is 0 Å². The van der Waals surface area contributed by atoms with E-state index in [9.17, 15) is 0 Å². The van der Waals surface area contributed by atoms with E-state index in [4.69, 9.17) is 5.73 Å². The number of rotatable bonds is 2. The molecule has 0 bridgehead atoms. The van der Waals surface area contributed by atoms with Gasteiger partial charge < -0.3 is 10.7 Å². The van der Waals surface area contributed by atoms with Gasteiger partial charge in [-0.2, -0.15) is 5.10 Å². The van der Waals surface area contributed by atoms with Crippen LogP contribution in [0.3, 0.4) is 0 Å².